The summed E-state index contributed by atoms with van der Waals surface area (Å²) in [4.78, 5) is 13.7. The number of hydrogen-bond donors (Lipinski definition) is 0. The van der Waals surface area contributed by atoms with Gasteiger partial charge in [-0.3, -0.25) is 4.79 Å². The second kappa shape index (κ2) is 4.05. The topological polar surface area (TPSA) is 20.3 Å². The molecular weight excluding hydrogens is 186 g/mol. The molecule has 0 saturated heterocycles. The van der Waals surface area contributed by atoms with E-state index < -0.39 is 0 Å². The largest absolute Gasteiger partial charge is 0.348 e. The molecule has 1 amide bonds. The van der Waals surface area contributed by atoms with Crippen LogP contribution in [0.5, 0.6) is 0 Å². The Hall–Kier alpha value is -1.31. The molecule has 0 fully saturated rings. The van der Waals surface area contributed by atoms with Gasteiger partial charge in [-0.25, -0.2) is 0 Å². The zero-order chi connectivity index (χ0) is 10.8. The maximum atomic E-state index is 12.0. The third kappa shape index (κ3) is 1.89. The van der Waals surface area contributed by atoms with Crippen LogP contribution in [0.2, 0.25) is 0 Å². The average Bonchev–Trinajstić information content (AvgIpc) is 2.27. The zero-order valence-electron chi connectivity index (χ0n) is 9.36. The third-order valence-electron chi connectivity index (χ3n) is 3.11. The first-order chi connectivity index (χ1) is 7.20. The lowest BCUT2D eigenvalue weighted by molar-refractivity contribution is -0.130. The minimum Gasteiger partial charge on any atom is -0.348 e. The van der Waals surface area contributed by atoms with Crippen molar-refractivity contribution in [2.24, 2.45) is 0 Å². The van der Waals surface area contributed by atoms with E-state index in [0.29, 0.717) is 0 Å². The first kappa shape index (κ1) is 10.2. The number of amides is 1. The molecule has 1 aromatic rings. The normalized spacial score (nSPS) is 19.5. The Bertz CT molecular complexity index is 371. The highest BCUT2D eigenvalue weighted by Crippen LogP contribution is 2.32. The zero-order valence-corrected chi connectivity index (χ0v) is 9.36. The van der Waals surface area contributed by atoms with Crippen LogP contribution in [-0.2, 0) is 11.2 Å². The van der Waals surface area contributed by atoms with Crippen molar-refractivity contribution in [3.8, 4) is 0 Å². The van der Waals surface area contributed by atoms with Gasteiger partial charge in [0.15, 0.2) is 0 Å². The number of rotatable bonds is 1. The van der Waals surface area contributed by atoms with Crippen molar-refractivity contribution in [3.05, 3.63) is 35.4 Å². The molecule has 0 bridgehead atoms. The van der Waals surface area contributed by atoms with Crippen molar-refractivity contribution in [3.63, 3.8) is 0 Å². The number of likely N-dealkylation sites (N-methyl/N-ethyl adjacent to an activating group) is 1. The minimum atomic E-state index is 0.0879. The van der Waals surface area contributed by atoms with Crippen LogP contribution in [0.1, 0.15) is 29.9 Å². The Kier molecular flexibility index (Phi) is 2.76. The number of nitrogens with zero attached hydrogens (tertiary/aromatic N) is 1. The molecule has 0 saturated carbocycles. The smallest absolute Gasteiger partial charge is 0.229 e. The Morgan fingerprint density at radius 3 is 2.80 bits per heavy atom. The first-order valence-electron chi connectivity index (χ1n) is 5.49. The standard InChI is InChI=1S/C13H17NO/c1-14(2)13(15)12-9-5-7-10-6-3-4-8-11(10)12/h3-4,6,8,12H,5,7,9H2,1-2H3. The van der Waals surface area contributed by atoms with Crippen molar-refractivity contribution < 1.29 is 4.79 Å². The highest BCUT2D eigenvalue weighted by molar-refractivity contribution is 5.84. The molecule has 0 radical (unpaired) electrons. The Morgan fingerprint density at radius 2 is 2.07 bits per heavy atom. The monoisotopic (exact) mass is 203 g/mol. The summed E-state index contributed by atoms with van der Waals surface area (Å²) in [5, 5.41) is 0. The molecule has 1 atom stereocenters. The van der Waals surface area contributed by atoms with E-state index in [1.165, 1.54) is 11.1 Å². The van der Waals surface area contributed by atoms with Gasteiger partial charge in [-0.2, -0.15) is 0 Å². The van der Waals surface area contributed by atoms with Crippen LogP contribution in [-0.4, -0.2) is 24.9 Å². The average molecular weight is 203 g/mol. The fourth-order valence-electron chi connectivity index (χ4n) is 2.32. The lowest BCUT2D eigenvalue weighted by atomic mass is 9.82. The van der Waals surface area contributed by atoms with Crippen molar-refractivity contribution in [2.75, 3.05) is 14.1 Å². The SMILES string of the molecule is CN(C)C(=O)C1CCCc2ccccc21. The van der Waals surface area contributed by atoms with Crippen LogP contribution in [0.15, 0.2) is 24.3 Å². The first-order valence-corrected chi connectivity index (χ1v) is 5.49. The molecule has 15 heavy (non-hydrogen) atoms. The van der Waals surface area contributed by atoms with Crippen LogP contribution >= 0.6 is 0 Å². The van der Waals surface area contributed by atoms with Crippen LogP contribution in [0.4, 0.5) is 0 Å². The van der Waals surface area contributed by atoms with Gasteiger partial charge in [-0.05, 0) is 30.4 Å². The van der Waals surface area contributed by atoms with Crippen molar-refractivity contribution in [1.29, 1.82) is 0 Å². The van der Waals surface area contributed by atoms with Gasteiger partial charge in [0.1, 0.15) is 0 Å². The number of carbonyl (C=O) groups is 1. The van der Waals surface area contributed by atoms with Gasteiger partial charge < -0.3 is 4.90 Å². The van der Waals surface area contributed by atoms with Crippen LogP contribution in [0, 0.1) is 0 Å². The molecule has 0 spiro atoms. The van der Waals surface area contributed by atoms with Crippen LogP contribution < -0.4 is 0 Å². The number of carbonyl (C=O) groups excluding carboxylic acids is 1. The molecule has 80 valence electrons. The summed E-state index contributed by atoms with van der Waals surface area (Å²) >= 11 is 0. The summed E-state index contributed by atoms with van der Waals surface area (Å²) < 4.78 is 0. The third-order valence-corrected chi connectivity index (χ3v) is 3.11. The van der Waals surface area contributed by atoms with Crippen LogP contribution in [0.3, 0.4) is 0 Å². The van der Waals surface area contributed by atoms with Gasteiger partial charge >= 0.3 is 0 Å². The fraction of sp³-hybridized carbons (Fsp3) is 0.462. The second-order valence-corrected chi connectivity index (χ2v) is 4.38. The number of fused-ring (bicyclic) bond motifs is 1. The lowest BCUT2D eigenvalue weighted by Gasteiger charge is -2.26. The van der Waals surface area contributed by atoms with E-state index >= 15 is 0 Å². The number of aryl methyl sites for hydroxylation is 1. The minimum absolute atomic E-state index is 0.0879. The van der Waals surface area contributed by atoms with Gasteiger partial charge in [0, 0.05) is 14.1 Å². The van der Waals surface area contributed by atoms with E-state index in [4.69, 9.17) is 0 Å². The molecule has 0 heterocycles. The summed E-state index contributed by atoms with van der Waals surface area (Å²) in [6.45, 7) is 0. The molecule has 1 unspecified atom stereocenters. The van der Waals surface area contributed by atoms with Gasteiger partial charge in [-0.1, -0.05) is 24.3 Å². The van der Waals surface area contributed by atoms with Crippen molar-refractivity contribution >= 4 is 5.91 Å². The Balaban J connectivity index is 2.34. The Morgan fingerprint density at radius 1 is 1.33 bits per heavy atom. The molecule has 1 aliphatic carbocycles. The van der Waals surface area contributed by atoms with E-state index in [9.17, 15) is 4.79 Å². The van der Waals surface area contributed by atoms with Crippen molar-refractivity contribution in [2.45, 2.75) is 25.2 Å². The molecular formula is C13H17NO. The summed E-state index contributed by atoms with van der Waals surface area (Å²) in [7, 11) is 3.67. The molecule has 0 aromatic heterocycles. The van der Waals surface area contributed by atoms with Gasteiger partial charge in [-0.15, -0.1) is 0 Å². The van der Waals surface area contributed by atoms with Crippen LogP contribution in [0.25, 0.3) is 0 Å². The summed E-state index contributed by atoms with van der Waals surface area (Å²) in [6, 6.07) is 8.33. The fourth-order valence-corrected chi connectivity index (χ4v) is 2.32. The lowest BCUT2D eigenvalue weighted by Crippen LogP contribution is -2.30. The van der Waals surface area contributed by atoms with E-state index in [0.717, 1.165) is 19.3 Å². The number of hydrogen-bond acceptors (Lipinski definition) is 1. The summed E-state index contributed by atoms with van der Waals surface area (Å²) in [6.07, 6.45) is 3.24. The summed E-state index contributed by atoms with van der Waals surface area (Å²) in [5.74, 6) is 0.326. The van der Waals surface area contributed by atoms with Gasteiger partial charge in [0.2, 0.25) is 5.91 Å². The molecule has 0 N–H and O–H groups in total. The Labute approximate surface area is 90.9 Å². The highest BCUT2D eigenvalue weighted by Gasteiger charge is 2.26. The predicted octanol–water partition coefficient (Wildman–Crippen LogP) is 2.19. The highest BCUT2D eigenvalue weighted by atomic mass is 16.2. The van der Waals surface area contributed by atoms with E-state index in [1.54, 1.807) is 4.90 Å². The van der Waals surface area contributed by atoms with E-state index in [-0.39, 0.29) is 11.8 Å². The quantitative estimate of drug-likeness (QED) is 0.685. The molecule has 2 rings (SSSR count). The number of benzene rings is 1. The van der Waals surface area contributed by atoms with Gasteiger partial charge in [0.25, 0.3) is 0 Å². The molecule has 2 nitrogen and oxygen atoms in total. The summed E-state index contributed by atoms with van der Waals surface area (Å²) in [5.41, 5.74) is 2.59. The van der Waals surface area contributed by atoms with Gasteiger partial charge in [0.05, 0.1) is 5.92 Å². The van der Waals surface area contributed by atoms with E-state index in [2.05, 4.69) is 18.2 Å². The van der Waals surface area contributed by atoms with E-state index in [1.807, 2.05) is 20.2 Å². The second-order valence-electron chi connectivity index (χ2n) is 4.38. The maximum absolute atomic E-state index is 12.0. The van der Waals surface area contributed by atoms with Crippen molar-refractivity contribution in [1.82, 2.24) is 4.90 Å². The molecule has 0 aliphatic heterocycles. The molecule has 1 aromatic carbocycles. The molecule has 2 heteroatoms. The maximum Gasteiger partial charge on any atom is 0.229 e. The molecule has 1 aliphatic rings. The predicted molar refractivity (Wildman–Crippen MR) is 60.8 cm³/mol.